The van der Waals surface area contributed by atoms with Gasteiger partial charge in [-0.2, -0.15) is 5.26 Å². The van der Waals surface area contributed by atoms with Gasteiger partial charge in [0.1, 0.15) is 23.2 Å². The van der Waals surface area contributed by atoms with E-state index in [1.54, 1.807) is 7.11 Å². The normalized spacial score (nSPS) is 15.7. The van der Waals surface area contributed by atoms with Crippen molar-refractivity contribution in [1.82, 2.24) is 9.88 Å². The van der Waals surface area contributed by atoms with Crippen LogP contribution in [0, 0.1) is 11.3 Å². The molecule has 6 heteroatoms. The number of carbonyl (C=O) groups excluding carboxylic acids is 1. The molecule has 0 aliphatic carbocycles. The van der Waals surface area contributed by atoms with Gasteiger partial charge in [-0.3, -0.25) is 4.79 Å². The fourth-order valence-electron chi connectivity index (χ4n) is 4.66. The third kappa shape index (κ3) is 5.14. The monoisotopic (exact) mass is 468 g/mol. The van der Waals surface area contributed by atoms with Crippen LogP contribution in [0.4, 0.5) is 5.82 Å². The van der Waals surface area contributed by atoms with Crippen LogP contribution in [0.15, 0.2) is 60.7 Å². The number of ether oxygens (including phenoxy) is 1. The van der Waals surface area contributed by atoms with Crippen LogP contribution in [0.25, 0.3) is 11.1 Å². The van der Waals surface area contributed by atoms with E-state index in [-0.39, 0.29) is 17.9 Å². The van der Waals surface area contributed by atoms with E-state index >= 15 is 0 Å². The van der Waals surface area contributed by atoms with Gasteiger partial charge >= 0.3 is 0 Å². The summed E-state index contributed by atoms with van der Waals surface area (Å²) >= 11 is 0. The number of para-hydroxylation sites is 1. The molecule has 0 radical (unpaired) electrons. The summed E-state index contributed by atoms with van der Waals surface area (Å²) in [5, 5.41) is 10.2. The molecule has 1 unspecified atom stereocenters. The van der Waals surface area contributed by atoms with Crippen LogP contribution >= 0.6 is 0 Å². The standard InChI is InChI=1S/C29H32N4O2/c1-20(2)26-17-24(23-12-8-9-13-27(23)35-4)25(18-30)29(31-26)32-14-15-33(21(3)19-32)28(34)16-22-10-6-5-7-11-22/h5-13,17,20-21H,14-16,19H2,1-4H3. The van der Waals surface area contributed by atoms with Crippen LogP contribution < -0.4 is 9.64 Å². The number of rotatable bonds is 6. The van der Waals surface area contributed by atoms with E-state index in [1.165, 1.54) is 0 Å². The lowest BCUT2D eigenvalue weighted by atomic mass is 9.96. The van der Waals surface area contributed by atoms with Gasteiger partial charge in [-0.1, -0.05) is 62.4 Å². The van der Waals surface area contributed by atoms with Crippen LogP contribution in [-0.2, 0) is 11.2 Å². The fourth-order valence-corrected chi connectivity index (χ4v) is 4.66. The van der Waals surface area contributed by atoms with Gasteiger partial charge in [-0.25, -0.2) is 4.98 Å². The number of anilines is 1. The summed E-state index contributed by atoms with van der Waals surface area (Å²) in [6.45, 7) is 8.11. The number of nitriles is 1. The molecule has 1 aliphatic rings. The Morgan fingerprint density at radius 3 is 2.49 bits per heavy atom. The van der Waals surface area contributed by atoms with Crippen LogP contribution in [0.1, 0.15) is 43.5 Å². The largest absolute Gasteiger partial charge is 0.496 e. The average Bonchev–Trinajstić information content (AvgIpc) is 2.88. The van der Waals surface area contributed by atoms with Crippen LogP contribution in [0.5, 0.6) is 5.75 Å². The molecule has 1 fully saturated rings. The number of nitrogens with zero attached hydrogens (tertiary/aromatic N) is 4. The SMILES string of the molecule is COc1ccccc1-c1cc(C(C)C)nc(N2CCN(C(=O)Cc3ccccc3)C(C)C2)c1C#N. The molecule has 0 N–H and O–H groups in total. The average molecular weight is 469 g/mol. The van der Waals surface area contributed by atoms with Gasteiger partial charge in [0.2, 0.25) is 5.91 Å². The minimum absolute atomic E-state index is 0.00530. The topological polar surface area (TPSA) is 69.5 Å². The molecule has 1 aliphatic heterocycles. The van der Waals surface area contributed by atoms with Gasteiger partial charge < -0.3 is 14.5 Å². The first-order valence-corrected chi connectivity index (χ1v) is 12.1. The maximum absolute atomic E-state index is 13.0. The second-order valence-corrected chi connectivity index (χ2v) is 9.30. The first-order chi connectivity index (χ1) is 16.9. The Morgan fingerprint density at radius 2 is 1.83 bits per heavy atom. The Hall–Kier alpha value is -3.85. The third-order valence-electron chi connectivity index (χ3n) is 6.57. The molecule has 2 aromatic carbocycles. The first kappa shape index (κ1) is 24.3. The molecule has 1 atom stereocenters. The van der Waals surface area contributed by atoms with E-state index in [2.05, 4.69) is 31.7 Å². The summed E-state index contributed by atoms with van der Waals surface area (Å²) in [5.74, 6) is 1.73. The van der Waals surface area contributed by atoms with Crippen molar-refractivity contribution in [3.63, 3.8) is 0 Å². The minimum atomic E-state index is 0.00530. The highest BCUT2D eigenvalue weighted by atomic mass is 16.5. The fraction of sp³-hybridized carbons (Fsp3) is 0.345. The lowest BCUT2D eigenvalue weighted by molar-refractivity contribution is -0.132. The summed E-state index contributed by atoms with van der Waals surface area (Å²) in [5.41, 5.74) is 4.19. The van der Waals surface area contributed by atoms with Gasteiger partial charge in [0, 0.05) is 42.5 Å². The number of aromatic nitrogens is 1. The molecule has 6 nitrogen and oxygen atoms in total. The zero-order valence-electron chi connectivity index (χ0n) is 20.9. The molecule has 1 saturated heterocycles. The highest BCUT2D eigenvalue weighted by molar-refractivity contribution is 5.82. The smallest absolute Gasteiger partial charge is 0.227 e. The Labute approximate surface area is 207 Å². The Kier molecular flexibility index (Phi) is 7.36. The zero-order valence-corrected chi connectivity index (χ0v) is 20.9. The lowest BCUT2D eigenvalue weighted by Crippen LogP contribution is -2.54. The van der Waals surface area contributed by atoms with Crippen molar-refractivity contribution in [3.05, 3.63) is 77.5 Å². The molecular formula is C29H32N4O2. The van der Waals surface area contributed by atoms with Gasteiger partial charge in [0.05, 0.1) is 13.5 Å². The Bertz CT molecular complexity index is 1230. The zero-order chi connectivity index (χ0) is 24.9. The highest BCUT2D eigenvalue weighted by Gasteiger charge is 2.30. The molecule has 2 heterocycles. The highest BCUT2D eigenvalue weighted by Crippen LogP contribution is 2.37. The number of methoxy groups -OCH3 is 1. The van der Waals surface area contributed by atoms with Crippen molar-refractivity contribution >= 4 is 11.7 Å². The number of amides is 1. The molecule has 1 amide bonds. The van der Waals surface area contributed by atoms with Crippen molar-refractivity contribution in [2.24, 2.45) is 0 Å². The molecule has 3 aromatic rings. The van der Waals surface area contributed by atoms with Crippen molar-refractivity contribution < 1.29 is 9.53 Å². The number of pyridine rings is 1. The molecule has 180 valence electrons. The first-order valence-electron chi connectivity index (χ1n) is 12.1. The minimum Gasteiger partial charge on any atom is -0.496 e. The summed E-state index contributed by atoms with van der Waals surface area (Å²) in [6, 6.07) is 22.0. The maximum atomic E-state index is 13.0. The molecule has 4 rings (SSSR count). The summed E-state index contributed by atoms with van der Waals surface area (Å²) in [6.07, 6.45) is 0.396. The summed E-state index contributed by atoms with van der Waals surface area (Å²) in [7, 11) is 1.64. The second-order valence-electron chi connectivity index (χ2n) is 9.30. The van der Waals surface area contributed by atoms with Crippen LogP contribution in [0.2, 0.25) is 0 Å². The van der Waals surface area contributed by atoms with E-state index in [1.807, 2.05) is 65.6 Å². The van der Waals surface area contributed by atoms with E-state index in [9.17, 15) is 10.1 Å². The molecule has 35 heavy (non-hydrogen) atoms. The molecule has 0 bridgehead atoms. The van der Waals surface area contributed by atoms with E-state index in [0.717, 1.165) is 28.1 Å². The Morgan fingerprint density at radius 1 is 1.11 bits per heavy atom. The van der Waals surface area contributed by atoms with Gasteiger partial charge in [0.15, 0.2) is 0 Å². The van der Waals surface area contributed by atoms with E-state index in [4.69, 9.17) is 9.72 Å². The van der Waals surface area contributed by atoms with Crippen molar-refractivity contribution in [2.45, 2.75) is 39.2 Å². The lowest BCUT2D eigenvalue weighted by Gasteiger charge is -2.41. The number of carbonyl (C=O) groups is 1. The maximum Gasteiger partial charge on any atom is 0.227 e. The van der Waals surface area contributed by atoms with Crippen molar-refractivity contribution in [3.8, 4) is 22.9 Å². The van der Waals surface area contributed by atoms with E-state index in [0.29, 0.717) is 37.4 Å². The predicted molar refractivity (Wildman–Crippen MR) is 139 cm³/mol. The van der Waals surface area contributed by atoms with E-state index < -0.39 is 0 Å². The van der Waals surface area contributed by atoms with Crippen LogP contribution in [0.3, 0.4) is 0 Å². The summed E-state index contributed by atoms with van der Waals surface area (Å²) < 4.78 is 5.60. The van der Waals surface area contributed by atoms with Crippen molar-refractivity contribution in [2.75, 3.05) is 31.6 Å². The molecule has 0 saturated carbocycles. The second kappa shape index (κ2) is 10.6. The number of benzene rings is 2. The van der Waals surface area contributed by atoms with Gasteiger partial charge in [0.25, 0.3) is 0 Å². The number of hydrogen-bond donors (Lipinski definition) is 0. The number of hydrogen-bond acceptors (Lipinski definition) is 5. The van der Waals surface area contributed by atoms with Crippen molar-refractivity contribution in [1.29, 1.82) is 5.26 Å². The quantitative estimate of drug-likeness (QED) is 0.507. The van der Waals surface area contributed by atoms with Gasteiger partial charge in [-0.05, 0) is 30.5 Å². The number of piperazine rings is 1. The third-order valence-corrected chi connectivity index (χ3v) is 6.57. The molecular weight excluding hydrogens is 436 g/mol. The predicted octanol–water partition coefficient (Wildman–Crippen LogP) is 5.03. The molecule has 1 aromatic heterocycles. The van der Waals surface area contributed by atoms with Gasteiger partial charge in [-0.15, -0.1) is 0 Å². The van der Waals surface area contributed by atoms with Crippen LogP contribution in [-0.4, -0.2) is 48.6 Å². The molecule has 0 spiro atoms. The Balaban J connectivity index is 1.65. The summed E-state index contributed by atoms with van der Waals surface area (Å²) in [4.78, 5) is 22.1.